The van der Waals surface area contributed by atoms with Crippen molar-refractivity contribution in [1.29, 1.82) is 0 Å². The minimum atomic E-state index is -0.805. The first-order valence-corrected chi connectivity index (χ1v) is 8.66. The highest BCUT2D eigenvalue weighted by molar-refractivity contribution is 5.81. The summed E-state index contributed by atoms with van der Waals surface area (Å²) < 4.78 is 0. The van der Waals surface area contributed by atoms with E-state index in [0.29, 0.717) is 6.54 Å². The smallest absolute Gasteiger partial charge is 0.194 e. The van der Waals surface area contributed by atoms with Gasteiger partial charge >= 0.3 is 0 Å². The van der Waals surface area contributed by atoms with Crippen LogP contribution in [0.2, 0.25) is 0 Å². The van der Waals surface area contributed by atoms with Crippen LogP contribution >= 0.6 is 0 Å². The van der Waals surface area contributed by atoms with Gasteiger partial charge in [0.05, 0.1) is 13.1 Å². The number of nitrogens with zero attached hydrogens (tertiary/aromatic N) is 2. The molecule has 0 saturated carbocycles. The lowest BCUT2D eigenvalue weighted by Gasteiger charge is -2.40. The fraction of sp³-hybridized carbons (Fsp3) is 0.350. The number of likely N-dealkylation sites (tertiary alicyclic amines) is 1. The molecule has 4 heteroatoms. The number of benzene rings is 2. The van der Waals surface area contributed by atoms with E-state index < -0.39 is 5.60 Å². The summed E-state index contributed by atoms with van der Waals surface area (Å²) in [5, 5.41) is 14.5. The van der Waals surface area contributed by atoms with Gasteiger partial charge in [0.15, 0.2) is 5.96 Å². The minimum Gasteiger partial charge on any atom is -0.383 e. The van der Waals surface area contributed by atoms with E-state index in [1.807, 2.05) is 18.2 Å². The summed E-state index contributed by atoms with van der Waals surface area (Å²) in [5.74, 6) is 0.939. The summed E-state index contributed by atoms with van der Waals surface area (Å²) in [6.45, 7) is 3.28. The molecule has 0 aromatic heterocycles. The number of β-amino-alcohol motifs (C(OH)–C–C–N with tert-alkyl or cyclic N) is 1. The third kappa shape index (κ3) is 2.89. The van der Waals surface area contributed by atoms with E-state index >= 15 is 0 Å². The second-order valence-corrected chi connectivity index (χ2v) is 6.63. The quantitative estimate of drug-likeness (QED) is 0.894. The number of hydrogen-bond donors (Lipinski definition) is 2. The van der Waals surface area contributed by atoms with Gasteiger partial charge in [-0.2, -0.15) is 0 Å². The molecule has 2 heterocycles. The van der Waals surface area contributed by atoms with Crippen molar-refractivity contribution < 1.29 is 5.11 Å². The van der Waals surface area contributed by atoms with Crippen molar-refractivity contribution in [2.24, 2.45) is 4.99 Å². The van der Waals surface area contributed by atoms with Crippen molar-refractivity contribution in [2.45, 2.75) is 18.4 Å². The molecule has 2 aromatic rings. The predicted octanol–water partition coefficient (Wildman–Crippen LogP) is 2.60. The summed E-state index contributed by atoms with van der Waals surface area (Å²) in [6, 6.07) is 18.7. The largest absolute Gasteiger partial charge is 0.383 e. The zero-order chi connectivity index (χ0) is 16.4. The molecule has 0 aliphatic carbocycles. The number of aliphatic imine (C=N–C) groups is 1. The Labute approximate surface area is 142 Å². The normalized spacial score (nSPS) is 23.7. The van der Waals surface area contributed by atoms with Crippen LogP contribution in [-0.2, 0) is 5.60 Å². The van der Waals surface area contributed by atoms with Gasteiger partial charge in [-0.1, -0.05) is 54.6 Å². The topological polar surface area (TPSA) is 47.9 Å². The number of aliphatic hydroxyl groups is 1. The van der Waals surface area contributed by atoms with Gasteiger partial charge in [0.25, 0.3) is 0 Å². The number of piperidine rings is 1. The van der Waals surface area contributed by atoms with E-state index in [2.05, 4.69) is 51.6 Å². The van der Waals surface area contributed by atoms with Crippen molar-refractivity contribution in [1.82, 2.24) is 10.2 Å². The minimum absolute atomic E-state index is 0.601. The third-order valence-electron chi connectivity index (χ3n) is 4.96. The molecule has 0 amide bonds. The lowest BCUT2D eigenvalue weighted by Crippen LogP contribution is -2.51. The van der Waals surface area contributed by atoms with Crippen LogP contribution in [0.4, 0.5) is 0 Å². The SMILES string of the molecule is OC1(c2ccc(-c3ccccc3)cc2)CCCN(C2=NCCN2)C1. The van der Waals surface area contributed by atoms with Crippen molar-refractivity contribution >= 4 is 5.96 Å². The van der Waals surface area contributed by atoms with Gasteiger partial charge in [-0.15, -0.1) is 0 Å². The fourth-order valence-electron chi connectivity index (χ4n) is 3.65. The average Bonchev–Trinajstić information content (AvgIpc) is 3.17. The molecule has 124 valence electrons. The second-order valence-electron chi connectivity index (χ2n) is 6.63. The first-order chi connectivity index (χ1) is 11.7. The average molecular weight is 321 g/mol. The van der Waals surface area contributed by atoms with Gasteiger partial charge in [0.1, 0.15) is 5.60 Å². The monoisotopic (exact) mass is 321 g/mol. The Bertz CT molecular complexity index is 726. The van der Waals surface area contributed by atoms with E-state index in [1.165, 1.54) is 11.1 Å². The molecule has 0 radical (unpaired) electrons. The second kappa shape index (κ2) is 6.29. The van der Waals surface area contributed by atoms with Crippen molar-refractivity contribution in [3.63, 3.8) is 0 Å². The van der Waals surface area contributed by atoms with Crippen LogP contribution in [0.3, 0.4) is 0 Å². The Morgan fingerprint density at radius 2 is 1.75 bits per heavy atom. The fourth-order valence-corrected chi connectivity index (χ4v) is 3.65. The van der Waals surface area contributed by atoms with E-state index in [1.54, 1.807) is 0 Å². The van der Waals surface area contributed by atoms with E-state index in [4.69, 9.17) is 0 Å². The van der Waals surface area contributed by atoms with Gasteiger partial charge < -0.3 is 15.3 Å². The zero-order valence-electron chi connectivity index (χ0n) is 13.8. The lowest BCUT2D eigenvalue weighted by molar-refractivity contribution is -0.0166. The molecular formula is C20H23N3O. The lowest BCUT2D eigenvalue weighted by atomic mass is 9.85. The van der Waals surface area contributed by atoms with Crippen molar-refractivity contribution in [3.05, 3.63) is 60.2 Å². The van der Waals surface area contributed by atoms with Crippen LogP contribution in [-0.4, -0.2) is 42.1 Å². The van der Waals surface area contributed by atoms with Crippen molar-refractivity contribution in [3.8, 4) is 11.1 Å². The standard InChI is InChI=1S/C20H23N3O/c24-20(11-4-14-23(15-20)19-21-12-13-22-19)18-9-7-17(8-10-18)16-5-2-1-3-6-16/h1-3,5-10,24H,4,11-15H2,(H,21,22). The van der Waals surface area contributed by atoms with Crippen LogP contribution in [0.1, 0.15) is 18.4 Å². The summed E-state index contributed by atoms with van der Waals surface area (Å²) >= 11 is 0. The molecule has 4 nitrogen and oxygen atoms in total. The molecule has 2 N–H and O–H groups in total. The van der Waals surface area contributed by atoms with Gasteiger partial charge in [0.2, 0.25) is 0 Å². The molecule has 0 spiro atoms. The van der Waals surface area contributed by atoms with E-state index in [9.17, 15) is 5.11 Å². The molecule has 1 atom stereocenters. The molecule has 1 unspecified atom stereocenters. The Hall–Kier alpha value is -2.33. The Balaban J connectivity index is 1.55. The Kier molecular flexibility index (Phi) is 3.98. The van der Waals surface area contributed by atoms with Crippen LogP contribution in [0.25, 0.3) is 11.1 Å². The van der Waals surface area contributed by atoms with Gasteiger partial charge in [-0.05, 0) is 29.5 Å². The van der Waals surface area contributed by atoms with Gasteiger partial charge in [-0.25, -0.2) is 0 Å². The highest BCUT2D eigenvalue weighted by Gasteiger charge is 2.36. The molecular weight excluding hydrogens is 298 g/mol. The first kappa shape index (κ1) is 15.2. The zero-order valence-corrected chi connectivity index (χ0v) is 13.8. The third-order valence-corrected chi connectivity index (χ3v) is 4.96. The molecule has 2 aliphatic heterocycles. The van der Waals surface area contributed by atoms with Crippen LogP contribution in [0.15, 0.2) is 59.6 Å². The highest BCUT2D eigenvalue weighted by atomic mass is 16.3. The number of hydrogen-bond acceptors (Lipinski definition) is 4. The number of guanidine groups is 1. The predicted molar refractivity (Wildman–Crippen MR) is 96.9 cm³/mol. The summed E-state index contributed by atoms with van der Waals surface area (Å²) in [4.78, 5) is 6.67. The maximum Gasteiger partial charge on any atom is 0.194 e. The molecule has 4 rings (SSSR count). The van der Waals surface area contributed by atoms with Crippen LogP contribution in [0.5, 0.6) is 0 Å². The van der Waals surface area contributed by atoms with E-state index in [-0.39, 0.29) is 0 Å². The number of nitrogens with one attached hydrogen (secondary N) is 1. The van der Waals surface area contributed by atoms with Crippen LogP contribution in [0, 0.1) is 0 Å². The van der Waals surface area contributed by atoms with Gasteiger partial charge in [0, 0.05) is 13.1 Å². The molecule has 1 saturated heterocycles. The number of rotatable bonds is 2. The molecule has 24 heavy (non-hydrogen) atoms. The Morgan fingerprint density at radius 3 is 2.46 bits per heavy atom. The summed E-state index contributed by atoms with van der Waals surface area (Å²) in [5.41, 5.74) is 2.56. The molecule has 2 aliphatic rings. The van der Waals surface area contributed by atoms with Crippen molar-refractivity contribution in [2.75, 3.05) is 26.2 Å². The molecule has 2 aromatic carbocycles. The Morgan fingerprint density at radius 1 is 1.00 bits per heavy atom. The van der Waals surface area contributed by atoms with E-state index in [0.717, 1.165) is 44.0 Å². The molecule has 0 bridgehead atoms. The molecule has 1 fully saturated rings. The van der Waals surface area contributed by atoms with Crippen LogP contribution < -0.4 is 5.32 Å². The maximum atomic E-state index is 11.2. The summed E-state index contributed by atoms with van der Waals surface area (Å²) in [6.07, 6.45) is 1.76. The first-order valence-electron chi connectivity index (χ1n) is 8.66. The maximum absolute atomic E-state index is 11.2. The van der Waals surface area contributed by atoms with Gasteiger partial charge in [-0.3, -0.25) is 4.99 Å². The summed E-state index contributed by atoms with van der Waals surface area (Å²) in [7, 11) is 0. The highest BCUT2D eigenvalue weighted by Crippen LogP contribution is 2.33.